The molecule has 1 saturated heterocycles. The fraction of sp³-hybridized carbons (Fsp3) is 0.500. The predicted molar refractivity (Wildman–Crippen MR) is 84.2 cm³/mol. The van der Waals surface area contributed by atoms with Gasteiger partial charge in [-0.3, -0.25) is 4.79 Å². The number of ether oxygens (including phenoxy) is 1. The summed E-state index contributed by atoms with van der Waals surface area (Å²) < 4.78 is 4.85. The Morgan fingerprint density at radius 3 is 2.76 bits per heavy atom. The maximum Gasteiger partial charge on any atom is 0.330 e. The summed E-state index contributed by atoms with van der Waals surface area (Å²) in [7, 11) is 0. The second-order valence-corrected chi connectivity index (χ2v) is 6.26. The molecule has 1 fully saturated rings. The monoisotopic (exact) mass is 307 g/mol. The van der Waals surface area contributed by atoms with Gasteiger partial charge < -0.3 is 10.1 Å². The van der Waals surface area contributed by atoms with Crippen molar-refractivity contribution in [1.82, 2.24) is 5.32 Å². The molecular formula is C16H21NO3S. The summed E-state index contributed by atoms with van der Waals surface area (Å²) in [5.41, 5.74) is 1.30. The molecule has 0 aromatic heterocycles. The van der Waals surface area contributed by atoms with Crippen LogP contribution in [0, 0.1) is 0 Å². The maximum absolute atomic E-state index is 11.6. The normalized spacial score (nSPS) is 17.6. The molecule has 0 aliphatic carbocycles. The number of esters is 2. The SMILES string of the molecule is O=C(CCSCCc1ccccc1)OC(=O)[C@@H]1CCCN1. The Morgan fingerprint density at radius 1 is 1.24 bits per heavy atom. The molecule has 0 bridgehead atoms. The summed E-state index contributed by atoms with van der Waals surface area (Å²) in [5.74, 6) is 0.819. The van der Waals surface area contributed by atoms with Crippen molar-refractivity contribution in [3.63, 3.8) is 0 Å². The predicted octanol–water partition coefficient (Wildman–Crippen LogP) is 2.17. The molecular weight excluding hydrogens is 286 g/mol. The Bertz CT molecular complexity index is 458. The Kier molecular flexibility index (Phi) is 6.76. The summed E-state index contributed by atoms with van der Waals surface area (Å²) in [6.07, 6.45) is 3.00. The van der Waals surface area contributed by atoms with Gasteiger partial charge in [0.2, 0.25) is 0 Å². The van der Waals surface area contributed by atoms with Gasteiger partial charge in [-0.25, -0.2) is 4.79 Å². The van der Waals surface area contributed by atoms with E-state index < -0.39 is 11.9 Å². The molecule has 114 valence electrons. The third kappa shape index (κ3) is 5.89. The van der Waals surface area contributed by atoms with E-state index in [0.29, 0.717) is 5.75 Å². The van der Waals surface area contributed by atoms with Crippen molar-refractivity contribution in [2.24, 2.45) is 0 Å². The van der Waals surface area contributed by atoms with Gasteiger partial charge in [0.15, 0.2) is 0 Å². The van der Waals surface area contributed by atoms with Crippen LogP contribution in [0.2, 0.25) is 0 Å². The van der Waals surface area contributed by atoms with E-state index in [9.17, 15) is 9.59 Å². The summed E-state index contributed by atoms with van der Waals surface area (Å²) in [6, 6.07) is 9.97. The fourth-order valence-corrected chi connectivity index (χ4v) is 3.11. The minimum Gasteiger partial charge on any atom is -0.392 e. The first kappa shape index (κ1) is 16.0. The summed E-state index contributed by atoms with van der Waals surface area (Å²) in [4.78, 5) is 23.2. The Balaban J connectivity index is 1.54. The van der Waals surface area contributed by atoms with Gasteiger partial charge in [0, 0.05) is 5.75 Å². The molecule has 1 aromatic rings. The van der Waals surface area contributed by atoms with Crippen LogP contribution in [-0.2, 0) is 20.7 Å². The highest BCUT2D eigenvalue weighted by molar-refractivity contribution is 7.99. The van der Waals surface area contributed by atoms with E-state index in [4.69, 9.17) is 4.74 Å². The Labute approximate surface area is 129 Å². The van der Waals surface area contributed by atoms with Gasteiger partial charge in [-0.15, -0.1) is 0 Å². The summed E-state index contributed by atoms with van der Waals surface area (Å²) >= 11 is 1.71. The van der Waals surface area contributed by atoms with Crippen LogP contribution >= 0.6 is 11.8 Å². The molecule has 4 nitrogen and oxygen atoms in total. The molecule has 1 heterocycles. The Hall–Kier alpha value is -1.33. The van der Waals surface area contributed by atoms with Gasteiger partial charge in [0.1, 0.15) is 6.04 Å². The van der Waals surface area contributed by atoms with E-state index in [-0.39, 0.29) is 12.5 Å². The number of carbonyl (C=O) groups excluding carboxylic acids is 2. The zero-order valence-electron chi connectivity index (χ0n) is 12.0. The number of hydrogen-bond donors (Lipinski definition) is 1. The number of nitrogens with one attached hydrogen (secondary N) is 1. The minimum atomic E-state index is -0.424. The van der Waals surface area contributed by atoms with Crippen LogP contribution in [0.25, 0.3) is 0 Å². The first-order valence-electron chi connectivity index (χ1n) is 7.35. The van der Waals surface area contributed by atoms with E-state index in [0.717, 1.165) is 31.6 Å². The van der Waals surface area contributed by atoms with Gasteiger partial charge in [-0.2, -0.15) is 11.8 Å². The standard InChI is InChI=1S/C16H21NO3S/c18-15(20-16(19)14-7-4-10-17-14)9-12-21-11-8-13-5-2-1-3-6-13/h1-3,5-6,14,17H,4,7-12H2/t14-/m0/s1. The number of hydrogen-bond acceptors (Lipinski definition) is 5. The Morgan fingerprint density at radius 2 is 2.05 bits per heavy atom. The molecule has 1 aliphatic rings. The highest BCUT2D eigenvalue weighted by atomic mass is 32.2. The van der Waals surface area contributed by atoms with Crippen LogP contribution < -0.4 is 5.32 Å². The molecule has 0 unspecified atom stereocenters. The third-order valence-electron chi connectivity index (χ3n) is 3.39. The lowest BCUT2D eigenvalue weighted by Gasteiger charge is -2.08. The van der Waals surface area contributed by atoms with E-state index in [1.54, 1.807) is 11.8 Å². The summed E-state index contributed by atoms with van der Waals surface area (Å²) in [5, 5.41) is 3.02. The molecule has 0 radical (unpaired) electrons. The van der Waals surface area contributed by atoms with Crippen molar-refractivity contribution in [2.75, 3.05) is 18.1 Å². The first-order chi connectivity index (χ1) is 10.3. The lowest BCUT2D eigenvalue weighted by Crippen LogP contribution is -2.33. The van der Waals surface area contributed by atoms with Crippen molar-refractivity contribution in [2.45, 2.75) is 31.7 Å². The zero-order valence-corrected chi connectivity index (χ0v) is 12.9. The lowest BCUT2D eigenvalue weighted by atomic mass is 10.2. The molecule has 1 aromatic carbocycles. The molecule has 1 N–H and O–H groups in total. The number of carbonyl (C=O) groups is 2. The second kappa shape index (κ2) is 8.85. The molecule has 0 saturated carbocycles. The topological polar surface area (TPSA) is 55.4 Å². The third-order valence-corrected chi connectivity index (χ3v) is 4.37. The molecule has 2 rings (SSSR count). The van der Waals surface area contributed by atoms with E-state index in [1.807, 2.05) is 18.2 Å². The molecule has 1 aliphatic heterocycles. The van der Waals surface area contributed by atoms with E-state index in [2.05, 4.69) is 17.4 Å². The second-order valence-electron chi connectivity index (χ2n) is 5.04. The van der Waals surface area contributed by atoms with Crippen molar-refractivity contribution >= 4 is 23.7 Å². The van der Waals surface area contributed by atoms with Crippen LogP contribution in [0.5, 0.6) is 0 Å². The molecule has 5 heteroatoms. The van der Waals surface area contributed by atoms with Crippen LogP contribution in [-0.4, -0.2) is 36.0 Å². The van der Waals surface area contributed by atoms with Crippen molar-refractivity contribution in [1.29, 1.82) is 0 Å². The smallest absolute Gasteiger partial charge is 0.330 e. The maximum atomic E-state index is 11.6. The number of benzene rings is 1. The number of rotatable bonds is 7. The van der Waals surface area contributed by atoms with Gasteiger partial charge in [0.25, 0.3) is 0 Å². The molecule has 1 atom stereocenters. The fourth-order valence-electron chi connectivity index (χ4n) is 2.21. The largest absolute Gasteiger partial charge is 0.392 e. The average Bonchev–Trinajstić information content (AvgIpc) is 3.02. The molecule has 0 spiro atoms. The summed E-state index contributed by atoms with van der Waals surface area (Å²) in [6.45, 7) is 0.823. The van der Waals surface area contributed by atoms with Crippen molar-refractivity contribution < 1.29 is 14.3 Å². The highest BCUT2D eigenvalue weighted by Crippen LogP contribution is 2.10. The van der Waals surface area contributed by atoms with Gasteiger partial charge in [-0.05, 0) is 37.1 Å². The van der Waals surface area contributed by atoms with Crippen molar-refractivity contribution in [3.05, 3.63) is 35.9 Å². The lowest BCUT2D eigenvalue weighted by molar-refractivity contribution is -0.160. The highest BCUT2D eigenvalue weighted by Gasteiger charge is 2.25. The van der Waals surface area contributed by atoms with Gasteiger partial charge in [0.05, 0.1) is 6.42 Å². The number of thioether (sulfide) groups is 1. The van der Waals surface area contributed by atoms with Gasteiger partial charge >= 0.3 is 11.9 Å². The van der Waals surface area contributed by atoms with Crippen molar-refractivity contribution in [3.8, 4) is 0 Å². The quantitative estimate of drug-likeness (QED) is 0.475. The first-order valence-corrected chi connectivity index (χ1v) is 8.51. The van der Waals surface area contributed by atoms with E-state index in [1.165, 1.54) is 5.56 Å². The average molecular weight is 307 g/mol. The van der Waals surface area contributed by atoms with E-state index >= 15 is 0 Å². The zero-order chi connectivity index (χ0) is 14.9. The van der Waals surface area contributed by atoms with Crippen LogP contribution in [0.15, 0.2) is 30.3 Å². The molecule has 21 heavy (non-hydrogen) atoms. The van der Waals surface area contributed by atoms with Crippen LogP contribution in [0.4, 0.5) is 0 Å². The van der Waals surface area contributed by atoms with Crippen LogP contribution in [0.3, 0.4) is 0 Å². The van der Waals surface area contributed by atoms with Crippen LogP contribution in [0.1, 0.15) is 24.8 Å². The number of aryl methyl sites for hydroxylation is 1. The minimum absolute atomic E-state index is 0.290. The molecule has 0 amide bonds. The van der Waals surface area contributed by atoms with Gasteiger partial charge in [-0.1, -0.05) is 30.3 Å².